The normalized spacial score (nSPS) is 10.6. The molecule has 9 heteroatoms. The van der Waals surface area contributed by atoms with Gasteiger partial charge in [0, 0.05) is 5.56 Å². The Morgan fingerprint density at radius 2 is 1.61 bits per heavy atom. The smallest absolute Gasteiger partial charge is 0.271 e. The van der Waals surface area contributed by atoms with Crippen LogP contribution in [0.15, 0.2) is 102 Å². The van der Waals surface area contributed by atoms with Crippen molar-refractivity contribution in [2.24, 2.45) is 5.10 Å². The molecule has 0 fully saturated rings. The molecule has 4 aromatic carbocycles. The molecule has 0 bridgehead atoms. The third kappa shape index (κ3) is 8.59. The SMILES string of the molecule is CCOc1cc(C(=O)N/N=C/c2cccc(OCC(=O)Nc3ccccc3OC)c2)ccc1OCc1ccccc1. The summed E-state index contributed by atoms with van der Waals surface area (Å²) in [6, 6.07) is 28.9. The second-order valence-electron chi connectivity index (χ2n) is 8.68. The maximum Gasteiger partial charge on any atom is 0.271 e. The lowest BCUT2D eigenvalue weighted by atomic mass is 10.2. The number of nitrogens with one attached hydrogen (secondary N) is 2. The molecular formula is C32H31N3O6. The molecule has 9 nitrogen and oxygen atoms in total. The summed E-state index contributed by atoms with van der Waals surface area (Å²) in [5, 5.41) is 6.82. The number of benzene rings is 4. The first kappa shape index (κ1) is 28.7. The van der Waals surface area contributed by atoms with Crippen molar-refractivity contribution >= 4 is 23.7 Å². The zero-order valence-electron chi connectivity index (χ0n) is 22.8. The highest BCUT2D eigenvalue weighted by Crippen LogP contribution is 2.29. The number of hydrogen-bond acceptors (Lipinski definition) is 7. The van der Waals surface area contributed by atoms with Crippen LogP contribution in [0.25, 0.3) is 0 Å². The molecule has 0 aliphatic rings. The molecule has 41 heavy (non-hydrogen) atoms. The lowest BCUT2D eigenvalue weighted by molar-refractivity contribution is -0.118. The lowest BCUT2D eigenvalue weighted by Gasteiger charge is -2.13. The number of carbonyl (C=O) groups excluding carboxylic acids is 2. The van der Waals surface area contributed by atoms with Gasteiger partial charge in [0.25, 0.3) is 11.8 Å². The molecule has 0 saturated heterocycles. The fourth-order valence-corrected chi connectivity index (χ4v) is 3.77. The van der Waals surface area contributed by atoms with Crippen molar-refractivity contribution in [3.05, 3.63) is 114 Å². The first-order chi connectivity index (χ1) is 20.1. The number of para-hydroxylation sites is 2. The summed E-state index contributed by atoms with van der Waals surface area (Å²) in [7, 11) is 1.54. The van der Waals surface area contributed by atoms with Crippen molar-refractivity contribution in [2.75, 3.05) is 25.6 Å². The van der Waals surface area contributed by atoms with Gasteiger partial charge in [0.15, 0.2) is 18.1 Å². The van der Waals surface area contributed by atoms with E-state index in [0.717, 1.165) is 5.56 Å². The van der Waals surface area contributed by atoms with Crippen LogP contribution in [-0.4, -0.2) is 38.4 Å². The summed E-state index contributed by atoms with van der Waals surface area (Å²) in [5.74, 6) is 1.32. The minimum absolute atomic E-state index is 0.192. The largest absolute Gasteiger partial charge is 0.495 e. The molecule has 0 heterocycles. The van der Waals surface area contributed by atoms with Gasteiger partial charge in [-0.3, -0.25) is 9.59 Å². The Bertz CT molecular complexity index is 1490. The Labute approximate surface area is 238 Å². The van der Waals surface area contributed by atoms with Gasteiger partial charge in [-0.2, -0.15) is 5.10 Å². The molecule has 2 amide bonds. The van der Waals surface area contributed by atoms with Crippen molar-refractivity contribution in [2.45, 2.75) is 13.5 Å². The van der Waals surface area contributed by atoms with Gasteiger partial charge in [0.2, 0.25) is 0 Å². The van der Waals surface area contributed by atoms with Gasteiger partial charge in [0.1, 0.15) is 18.1 Å². The molecule has 0 atom stereocenters. The highest BCUT2D eigenvalue weighted by atomic mass is 16.5. The van der Waals surface area contributed by atoms with Gasteiger partial charge < -0.3 is 24.3 Å². The summed E-state index contributed by atoms with van der Waals surface area (Å²) in [6.07, 6.45) is 1.49. The maximum atomic E-state index is 12.7. The molecule has 0 radical (unpaired) electrons. The van der Waals surface area contributed by atoms with Gasteiger partial charge in [-0.15, -0.1) is 0 Å². The average Bonchev–Trinajstić information content (AvgIpc) is 3.00. The van der Waals surface area contributed by atoms with Gasteiger partial charge in [-0.25, -0.2) is 5.43 Å². The van der Waals surface area contributed by atoms with E-state index in [1.807, 2.05) is 43.3 Å². The standard InChI is InChI=1S/C32H31N3O6/c1-3-39-30-19-25(16-17-29(30)41-21-23-10-5-4-6-11-23)32(37)35-33-20-24-12-9-13-26(18-24)40-22-31(36)34-27-14-7-8-15-28(27)38-2/h4-20H,3,21-22H2,1-2H3,(H,34,36)(H,35,37)/b33-20+. The summed E-state index contributed by atoms with van der Waals surface area (Å²) >= 11 is 0. The van der Waals surface area contributed by atoms with Crippen LogP contribution in [0.2, 0.25) is 0 Å². The van der Waals surface area contributed by atoms with E-state index < -0.39 is 5.91 Å². The number of carbonyl (C=O) groups is 2. The predicted molar refractivity (Wildman–Crippen MR) is 157 cm³/mol. The van der Waals surface area contributed by atoms with Crippen LogP contribution in [0, 0.1) is 0 Å². The van der Waals surface area contributed by atoms with Crippen molar-refractivity contribution in [3.63, 3.8) is 0 Å². The number of nitrogens with zero attached hydrogens (tertiary/aromatic N) is 1. The van der Waals surface area contributed by atoms with Gasteiger partial charge in [0.05, 0.1) is 25.6 Å². The van der Waals surface area contributed by atoms with Crippen LogP contribution in [-0.2, 0) is 11.4 Å². The first-order valence-electron chi connectivity index (χ1n) is 13.0. The number of hydrazone groups is 1. The molecule has 0 aliphatic carbocycles. The summed E-state index contributed by atoms with van der Waals surface area (Å²) in [5.41, 5.74) is 5.15. The molecule has 4 rings (SSSR count). The molecule has 0 aliphatic heterocycles. The Morgan fingerprint density at radius 1 is 0.805 bits per heavy atom. The van der Waals surface area contributed by atoms with E-state index in [9.17, 15) is 9.59 Å². The number of amides is 2. The van der Waals surface area contributed by atoms with Crippen molar-refractivity contribution in [1.29, 1.82) is 0 Å². The van der Waals surface area contributed by atoms with Crippen LogP contribution in [0.4, 0.5) is 5.69 Å². The van der Waals surface area contributed by atoms with E-state index in [0.29, 0.717) is 53.0 Å². The molecular weight excluding hydrogens is 522 g/mol. The second-order valence-corrected chi connectivity index (χ2v) is 8.68. The Morgan fingerprint density at radius 3 is 2.41 bits per heavy atom. The van der Waals surface area contributed by atoms with Crippen molar-refractivity contribution in [1.82, 2.24) is 5.43 Å². The number of anilines is 1. The molecule has 0 unspecified atom stereocenters. The van der Waals surface area contributed by atoms with E-state index in [1.165, 1.54) is 13.3 Å². The minimum Gasteiger partial charge on any atom is -0.495 e. The number of methoxy groups -OCH3 is 1. The van der Waals surface area contributed by atoms with Crippen molar-refractivity contribution < 1.29 is 28.5 Å². The maximum absolute atomic E-state index is 12.7. The monoisotopic (exact) mass is 553 g/mol. The van der Waals surface area contributed by atoms with Gasteiger partial charge in [-0.1, -0.05) is 54.6 Å². The summed E-state index contributed by atoms with van der Waals surface area (Å²) in [4.78, 5) is 25.0. The minimum atomic E-state index is -0.405. The average molecular weight is 554 g/mol. The predicted octanol–water partition coefficient (Wildman–Crippen LogP) is 5.45. The van der Waals surface area contributed by atoms with E-state index >= 15 is 0 Å². The number of ether oxygens (including phenoxy) is 4. The molecule has 0 spiro atoms. The zero-order valence-corrected chi connectivity index (χ0v) is 22.8. The molecule has 0 aromatic heterocycles. The Kier molecular flexibility index (Phi) is 10.3. The molecule has 2 N–H and O–H groups in total. The van der Waals surface area contributed by atoms with E-state index in [-0.39, 0.29) is 12.5 Å². The van der Waals surface area contributed by atoms with Crippen LogP contribution in [0.5, 0.6) is 23.0 Å². The fraction of sp³-hybridized carbons (Fsp3) is 0.156. The van der Waals surface area contributed by atoms with Crippen molar-refractivity contribution in [3.8, 4) is 23.0 Å². The van der Waals surface area contributed by atoms with Crippen LogP contribution in [0.1, 0.15) is 28.4 Å². The Balaban J connectivity index is 1.31. The van der Waals surface area contributed by atoms with Crippen LogP contribution >= 0.6 is 0 Å². The quantitative estimate of drug-likeness (QED) is 0.168. The van der Waals surface area contributed by atoms with Crippen LogP contribution < -0.4 is 29.7 Å². The van der Waals surface area contributed by atoms with Gasteiger partial charge in [-0.05, 0) is 60.5 Å². The third-order valence-corrected chi connectivity index (χ3v) is 5.73. The second kappa shape index (κ2) is 14.7. The van der Waals surface area contributed by atoms with E-state index in [4.69, 9.17) is 18.9 Å². The molecule has 210 valence electrons. The highest BCUT2D eigenvalue weighted by Gasteiger charge is 2.12. The summed E-state index contributed by atoms with van der Waals surface area (Å²) in [6.45, 7) is 2.47. The van der Waals surface area contributed by atoms with E-state index in [2.05, 4.69) is 15.8 Å². The zero-order chi connectivity index (χ0) is 28.9. The lowest BCUT2D eigenvalue weighted by Crippen LogP contribution is -2.20. The molecule has 4 aromatic rings. The Hall–Kier alpha value is -5.31. The van der Waals surface area contributed by atoms with Gasteiger partial charge >= 0.3 is 0 Å². The number of rotatable bonds is 13. The third-order valence-electron chi connectivity index (χ3n) is 5.73. The van der Waals surface area contributed by atoms with Crippen LogP contribution in [0.3, 0.4) is 0 Å². The number of hydrogen-bond donors (Lipinski definition) is 2. The highest BCUT2D eigenvalue weighted by molar-refractivity contribution is 5.95. The van der Waals surface area contributed by atoms with E-state index in [1.54, 1.807) is 60.7 Å². The topological polar surface area (TPSA) is 107 Å². The first-order valence-corrected chi connectivity index (χ1v) is 13.0. The molecule has 0 saturated carbocycles. The fourth-order valence-electron chi connectivity index (χ4n) is 3.77. The summed E-state index contributed by atoms with van der Waals surface area (Å²) < 4.78 is 22.5.